The first-order valence-electron chi connectivity index (χ1n) is 9.72. The van der Waals surface area contributed by atoms with Gasteiger partial charge in [0.15, 0.2) is 0 Å². The molecule has 2 aliphatic heterocycles. The van der Waals surface area contributed by atoms with Gasteiger partial charge in [-0.1, -0.05) is 35.9 Å². The molecule has 6 heteroatoms. The summed E-state index contributed by atoms with van der Waals surface area (Å²) in [4.78, 5) is 3.21. The molecule has 0 amide bonds. The largest absolute Gasteiger partial charge is 0.300 e. The molecule has 2 saturated heterocycles. The summed E-state index contributed by atoms with van der Waals surface area (Å²) in [5.74, 6) is 0.944. The van der Waals surface area contributed by atoms with E-state index in [4.69, 9.17) is 0 Å². The maximum atomic E-state index is 13.1. The third-order valence-corrected chi connectivity index (χ3v) is 8.86. The summed E-state index contributed by atoms with van der Waals surface area (Å²) < 4.78 is 29.1. The molecule has 0 saturated carbocycles. The summed E-state index contributed by atoms with van der Waals surface area (Å²) in [6.45, 7) is 8.10. The lowest BCUT2D eigenvalue weighted by atomic mass is 9.95. The lowest BCUT2D eigenvalue weighted by Gasteiger charge is -2.41. The second-order valence-corrected chi connectivity index (χ2v) is 10.8. The normalized spacial score (nSPS) is 28.7. The fourth-order valence-electron chi connectivity index (χ4n) is 4.35. The highest BCUT2D eigenvalue weighted by atomic mass is 79.9. The zero-order valence-electron chi connectivity index (χ0n) is 15.5. The lowest BCUT2D eigenvalue weighted by molar-refractivity contribution is 0.101. The van der Waals surface area contributed by atoms with Gasteiger partial charge in [-0.25, -0.2) is 8.42 Å². The lowest BCUT2D eigenvalue weighted by Crippen LogP contribution is -2.49. The molecular weight excluding hydrogens is 400 g/mol. The summed E-state index contributed by atoms with van der Waals surface area (Å²) in [7, 11) is -3.32. The van der Waals surface area contributed by atoms with Crippen molar-refractivity contribution in [2.24, 2.45) is 11.8 Å². The van der Waals surface area contributed by atoms with Crippen molar-refractivity contribution in [3.8, 4) is 0 Å². The Hall–Kier alpha value is -0.170. The molecule has 0 aromatic carbocycles. The first-order chi connectivity index (χ1) is 11.9. The van der Waals surface area contributed by atoms with E-state index in [1.165, 1.54) is 25.9 Å². The minimum atomic E-state index is -3.32. The Morgan fingerprint density at radius 1 is 1.08 bits per heavy atom. The van der Waals surface area contributed by atoms with Crippen LogP contribution in [0.2, 0.25) is 0 Å². The first-order valence-corrected chi connectivity index (χ1v) is 12.0. The molecule has 25 heavy (non-hydrogen) atoms. The molecule has 1 aliphatic carbocycles. The smallest absolute Gasteiger partial charge is 0.239 e. The molecule has 3 rings (SSSR count). The summed E-state index contributed by atoms with van der Waals surface area (Å²) in [5, 5.41) is 0. The van der Waals surface area contributed by atoms with Crippen molar-refractivity contribution in [1.29, 1.82) is 0 Å². The number of halogens is 1. The van der Waals surface area contributed by atoms with Crippen LogP contribution in [0.3, 0.4) is 0 Å². The van der Waals surface area contributed by atoms with Crippen LogP contribution in [0.4, 0.5) is 0 Å². The molecule has 0 N–H and O–H groups in total. The van der Waals surface area contributed by atoms with E-state index in [0.29, 0.717) is 24.0 Å². The van der Waals surface area contributed by atoms with Crippen LogP contribution in [0.1, 0.15) is 52.4 Å². The summed E-state index contributed by atoms with van der Waals surface area (Å²) in [5.41, 5.74) is 0. The van der Waals surface area contributed by atoms with E-state index in [-0.39, 0.29) is 5.92 Å². The van der Waals surface area contributed by atoms with Crippen molar-refractivity contribution >= 4 is 26.0 Å². The Bertz CT molecular complexity index is 628. The van der Waals surface area contributed by atoms with E-state index in [1.807, 2.05) is 12.2 Å². The van der Waals surface area contributed by atoms with Gasteiger partial charge in [0, 0.05) is 25.0 Å². The predicted molar refractivity (Wildman–Crippen MR) is 107 cm³/mol. The van der Waals surface area contributed by atoms with Gasteiger partial charge in [-0.3, -0.25) is 0 Å². The molecule has 2 heterocycles. The van der Waals surface area contributed by atoms with Gasteiger partial charge in [0.2, 0.25) is 10.0 Å². The standard InChI is InChI=1S/C19H31BrN2O2S/c1-3-16-14-17(20)4-5-19(16)25(23,24)22-12-8-18(9-13-22)21-10-6-15(2)7-11-21/h4-5,15-16,18H,3,6-14H2,1-2H3. The number of allylic oxidation sites excluding steroid dienone is 4. The fourth-order valence-corrected chi connectivity index (χ4v) is 6.77. The van der Waals surface area contributed by atoms with Crippen LogP contribution in [0.15, 0.2) is 21.5 Å². The van der Waals surface area contributed by atoms with E-state index in [9.17, 15) is 8.42 Å². The number of sulfonamides is 1. The Labute approximate surface area is 161 Å². The van der Waals surface area contributed by atoms with Crippen LogP contribution in [0, 0.1) is 11.8 Å². The number of rotatable bonds is 4. The van der Waals surface area contributed by atoms with Gasteiger partial charge >= 0.3 is 0 Å². The molecule has 4 nitrogen and oxygen atoms in total. The molecule has 0 bridgehead atoms. The molecule has 2 fully saturated rings. The Morgan fingerprint density at radius 3 is 2.32 bits per heavy atom. The number of piperidine rings is 2. The van der Waals surface area contributed by atoms with Gasteiger partial charge in [-0.2, -0.15) is 4.31 Å². The van der Waals surface area contributed by atoms with Crippen LogP contribution < -0.4 is 0 Å². The van der Waals surface area contributed by atoms with E-state index in [2.05, 4.69) is 34.7 Å². The SMILES string of the molecule is CCC1CC(Br)=CC=C1S(=O)(=O)N1CCC(N2CCC(C)CC2)CC1. The highest BCUT2D eigenvalue weighted by Crippen LogP contribution is 2.36. The fraction of sp³-hybridized carbons (Fsp3) is 0.789. The Kier molecular flexibility index (Phi) is 6.45. The van der Waals surface area contributed by atoms with Gasteiger partial charge in [0.1, 0.15) is 0 Å². The Balaban J connectivity index is 1.63. The van der Waals surface area contributed by atoms with Crippen molar-refractivity contribution in [1.82, 2.24) is 9.21 Å². The molecule has 3 aliphatic rings. The van der Waals surface area contributed by atoms with Gasteiger partial charge in [0.05, 0.1) is 4.91 Å². The number of nitrogens with zero attached hydrogens (tertiary/aromatic N) is 2. The predicted octanol–water partition coefficient (Wildman–Crippen LogP) is 4.11. The maximum Gasteiger partial charge on any atom is 0.239 e. The summed E-state index contributed by atoms with van der Waals surface area (Å²) >= 11 is 3.52. The second kappa shape index (κ2) is 8.24. The highest BCUT2D eigenvalue weighted by Gasteiger charge is 2.36. The minimum Gasteiger partial charge on any atom is -0.300 e. The molecule has 0 aromatic heterocycles. The molecule has 142 valence electrons. The van der Waals surface area contributed by atoms with Crippen molar-refractivity contribution in [2.45, 2.75) is 58.4 Å². The maximum absolute atomic E-state index is 13.1. The number of hydrogen-bond acceptors (Lipinski definition) is 3. The van der Waals surface area contributed by atoms with E-state index < -0.39 is 10.0 Å². The van der Waals surface area contributed by atoms with E-state index in [1.54, 1.807) is 4.31 Å². The van der Waals surface area contributed by atoms with E-state index in [0.717, 1.165) is 36.1 Å². The molecule has 0 spiro atoms. The second-order valence-electron chi connectivity index (χ2n) is 7.85. The zero-order chi connectivity index (χ0) is 18.0. The summed E-state index contributed by atoms with van der Waals surface area (Å²) in [6.07, 6.45) is 9.88. The van der Waals surface area contributed by atoms with Crippen LogP contribution >= 0.6 is 15.9 Å². The quantitative estimate of drug-likeness (QED) is 0.673. The molecule has 1 unspecified atom stereocenters. The van der Waals surface area contributed by atoms with Crippen molar-refractivity contribution < 1.29 is 8.42 Å². The number of hydrogen-bond donors (Lipinski definition) is 0. The molecule has 0 aromatic rings. The van der Waals surface area contributed by atoms with Crippen LogP contribution in [-0.2, 0) is 10.0 Å². The summed E-state index contributed by atoms with van der Waals surface area (Å²) in [6, 6.07) is 0.565. The third kappa shape index (κ3) is 4.40. The van der Waals surface area contributed by atoms with Gasteiger partial charge < -0.3 is 4.90 Å². The average Bonchev–Trinajstić information content (AvgIpc) is 2.62. The topological polar surface area (TPSA) is 40.6 Å². The zero-order valence-corrected chi connectivity index (χ0v) is 17.9. The monoisotopic (exact) mass is 430 g/mol. The van der Waals surface area contributed by atoms with Gasteiger partial charge in [-0.15, -0.1) is 0 Å². The van der Waals surface area contributed by atoms with E-state index >= 15 is 0 Å². The molecule has 0 radical (unpaired) electrons. The highest BCUT2D eigenvalue weighted by molar-refractivity contribution is 9.11. The van der Waals surface area contributed by atoms with Gasteiger partial charge in [0.25, 0.3) is 0 Å². The van der Waals surface area contributed by atoms with Crippen LogP contribution in [0.25, 0.3) is 0 Å². The molecule has 1 atom stereocenters. The van der Waals surface area contributed by atoms with Gasteiger partial charge in [-0.05, 0) is 68.1 Å². The van der Waals surface area contributed by atoms with Crippen LogP contribution in [-0.4, -0.2) is 49.8 Å². The molecular formula is C19H31BrN2O2S. The van der Waals surface area contributed by atoms with Crippen LogP contribution in [0.5, 0.6) is 0 Å². The van der Waals surface area contributed by atoms with Crippen molar-refractivity contribution in [3.63, 3.8) is 0 Å². The van der Waals surface area contributed by atoms with Crippen molar-refractivity contribution in [2.75, 3.05) is 26.2 Å². The minimum absolute atomic E-state index is 0.102. The average molecular weight is 431 g/mol. The first kappa shape index (κ1) is 19.6. The number of likely N-dealkylation sites (tertiary alicyclic amines) is 1. The van der Waals surface area contributed by atoms with Crippen molar-refractivity contribution in [3.05, 3.63) is 21.5 Å². The Morgan fingerprint density at radius 2 is 1.72 bits per heavy atom. The third-order valence-electron chi connectivity index (χ3n) is 6.16.